The Bertz CT molecular complexity index is 1320. The second-order valence-corrected chi connectivity index (χ2v) is 16.4. The summed E-state index contributed by atoms with van der Waals surface area (Å²) in [5.74, 6) is 1.53. The first kappa shape index (κ1) is 30.9. The number of rotatable bonds is 10. The number of nitrogens with zero attached hydrogens (tertiary/aromatic N) is 3. The zero-order chi connectivity index (χ0) is 29.1. The molecule has 1 atom stereocenters. The number of nitrogens with two attached hydrogens (primary N) is 1. The molecule has 0 saturated heterocycles. The van der Waals surface area contributed by atoms with Crippen LogP contribution in [0.25, 0.3) is 22.6 Å². The summed E-state index contributed by atoms with van der Waals surface area (Å²) in [7, 11) is -2.13. The van der Waals surface area contributed by atoms with E-state index < -0.39 is 14.4 Å². The minimum Gasteiger partial charge on any atom is -0.491 e. The van der Waals surface area contributed by atoms with E-state index in [9.17, 15) is 4.79 Å². The van der Waals surface area contributed by atoms with E-state index in [-0.39, 0.29) is 24.4 Å². The van der Waals surface area contributed by atoms with Gasteiger partial charge < -0.3 is 24.2 Å². The van der Waals surface area contributed by atoms with Gasteiger partial charge in [-0.1, -0.05) is 49.1 Å². The molecule has 0 aliphatic rings. The molecule has 2 aromatic heterocycles. The van der Waals surface area contributed by atoms with Gasteiger partial charge in [-0.25, -0.2) is 14.8 Å². The van der Waals surface area contributed by atoms with Gasteiger partial charge in [0.15, 0.2) is 14.1 Å². The van der Waals surface area contributed by atoms with Gasteiger partial charge in [0, 0.05) is 17.5 Å². The Hall–Kier alpha value is -2.66. The van der Waals surface area contributed by atoms with Gasteiger partial charge >= 0.3 is 6.09 Å². The summed E-state index contributed by atoms with van der Waals surface area (Å²) < 4.78 is 23.0. The molecule has 3 rings (SSSR count). The van der Waals surface area contributed by atoms with Crippen LogP contribution in [-0.2, 0) is 9.16 Å². The fraction of sp³-hybridized carbons (Fsp3) is 0.481. The first-order valence-electron chi connectivity index (χ1n) is 12.6. The van der Waals surface area contributed by atoms with Crippen LogP contribution in [0.3, 0.4) is 0 Å². The third kappa shape index (κ3) is 7.51. The van der Waals surface area contributed by atoms with Crippen molar-refractivity contribution >= 4 is 37.6 Å². The Morgan fingerprint density at radius 3 is 2.44 bits per heavy atom. The normalized spacial score (nSPS) is 12.9. The van der Waals surface area contributed by atoms with E-state index in [0.29, 0.717) is 56.4 Å². The Balaban J connectivity index is 1.89. The Labute approximate surface area is 240 Å². The number of benzene rings is 1. The molecule has 3 aromatic rings. The number of ether oxygens (including phenoxy) is 2. The maximum atomic E-state index is 11.1. The zero-order valence-electron chi connectivity index (χ0n) is 23.6. The van der Waals surface area contributed by atoms with E-state index in [4.69, 9.17) is 52.3 Å². The Morgan fingerprint density at radius 1 is 1.15 bits per heavy atom. The largest absolute Gasteiger partial charge is 0.491 e. The molecular formula is C27H36Cl2N4O5Si. The molecule has 1 amide bonds. The van der Waals surface area contributed by atoms with Gasteiger partial charge in [0.25, 0.3) is 0 Å². The number of primary amides is 1. The number of carbonyl (C=O) groups excluding carboxylic acids is 1. The third-order valence-corrected chi connectivity index (χ3v) is 12.2. The van der Waals surface area contributed by atoms with E-state index in [1.54, 1.807) is 18.2 Å². The van der Waals surface area contributed by atoms with Crippen LogP contribution in [0.1, 0.15) is 44.2 Å². The van der Waals surface area contributed by atoms with Crippen LogP contribution in [0, 0.1) is 20.8 Å². The van der Waals surface area contributed by atoms with Crippen molar-refractivity contribution in [3.05, 3.63) is 45.4 Å². The minimum absolute atomic E-state index is 0.00972. The van der Waals surface area contributed by atoms with Crippen molar-refractivity contribution in [2.75, 3.05) is 13.2 Å². The van der Waals surface area contributed by atoms with Crippen LogP contribution < -0.4 is 10.5 Å². The molecule has 1 aromatic carbocycles. The van der Waals surface area contributed by atoms with Gasteiger partial charge in [-0.15, -0.1) is 0 Å². The van der Waals surface area contributed by atoms with E-state index in [0.717, 1.165) is 5.56 Å². The highest BCUT2D eigenvalue weighted by Crippen LogP contribution is 2.38. The summed E-state index contributed by atoms with van der Waals surface area (Å²) in [5.41, 5.74) is 8.50. The summed E-state index contributed by atoms with van der Waals surface area (Å²) in [4.78, 5) is 20.4. The highest BCUT2D eigenvalue weighted by atomic mass is 35.5. The van der Waals surface area contributed by atoms with Gasteiger partial charge in [-0.05, 0) is 57.1 Å². The van der Waals surface area contributed by atoms with Crippen molar-refractivity contribution in [1.82, 2.24) is 15.1 Å². The molecule has 0 spiro atoms. The molecule has 12 heteroatoms. The molecular weight excluding hydrogens is 559 g/mol. The van der Waals surface area contributed by atoms with Crippen LogP contribution in [-0.4, -0.2) is 48.9 Å². The van der Waals surface area contributed by atoms with Crippen molar-refractivity contribution in [1.29, 1.82) is 0 Å². The van der Waals surface area contributed by atoms with E-state index in [1.807, 2.05) is 20.8 Å². The molecule has 0 aliphatic heterocycles. The lowest BCUT2D eigenvalue weighted by Crippen LogP contribution is -2.45. The maximum Gasteiger partial charge on any atom is 0.404 e. The smallest absolute Gasteiger partial charge is 0.404 e. The fourth-order valence-corrected chi connectivity index (χ4v) is 5.43. The summed E-state index contributed by atoms with van der Waals surface area (Å²) in [6.45, 7) is 16.7. The fourth-order valence-electron chi connectivity index (χ4n) is 3.69. The van der Waals surface area contributed by atoms with Crippen LogP contribution in [0.4, 0.5) is 4.79 Å². The third-order valence-electron chi connectivity index (χ3n) is 6.92. The number of hydrogen-bond acceptors (Lipinski definition) is 8. The molecule has 2 heterocycles. The van der Waals surface area contributed by atoms with Crippen molar-refractivity contribution < 1.29 is 23.2 Å². The average molecular weight is 596 g/mol. The van der Waals surface area contributed by atoms with Gasteiger partial charge in [0.05, 0.1) is 34.7 Å². The number of hydrogen-bond donors (Lipinski definition) is 1. The van der Waals surface area contributed by atoms with E-state index >= 15 is 0 Å². The minimum atomic E-state index is -2.13. The van der Waals surface area contributed by atoms with Gasteiger partial charge in [0.1, 0.15) is 23.3 Å². The molecule has 0 radical (unpaired) electrons. The van der Waals surface area contributed by atoms with E-state index in [2.05, 4.69) is 44.0 Å². The summed E-state index contributed by atoms with van der Waals surface area (Å²) in [6.07, 6.45) is -0.703. The van der Waals surface area contributed by atoms with Crippen LogP contribution >= 0.6 is 23.2 Å². The molecule has 0 fully saturated rings. The van der Waals surface area contributed by atoms with Crippen molar-refractivity contribution in [3.63, 3.8) is 0 Å². The lowest BCUT2D eigenvalue weighted by atomic mass is 10.1. The summed E-state index contributed by atoms with van der Waals surface area (Å²) in [6, 6.07) is 5.25. The number of aromatic nitrogens is 3. The SMILES string of the molecule is Cc1noc(C)c1-c1nc(-c2cc(OCC(CCOC(N)=O)O[Si](C)(C)C(C)(C)C)ccc2Cl)nc(Cl)c1C. The average Bonchev–Trinajstić information content (AvgIpc) is 3.16. The monoisotopic (exact) mass is 594 g/mol. The van der Waals surface area contributed by atoms with Crippen LogP contribution in [0.2, 0.25) is 28.3 Å². The topological polar surface area (TPSA) is 123 Å². The Morgan fingerprint density at radius 2 is 1.85 bits per heavy atom. The molecule has 2 N–H and O–H groups in total. The van der Waals surface area contributed by atoms with Gasteiger partial charge in [-0.2, -0.15) is 0 Å². The lowest BCUT2D eigenvalue weighted by Gasteiger charge is -2.39. The number of halogens is 2. The molecule has 0 saturated carbocycles. The van der Waals surface area contributed by atoms with E-state index in [1.165, 1.54) is 0 Å². The zero-order valence-corrected chi connectivity index (χ0v) is 26.2. The molecule has 1 unspecified atom stereocenters. The second-order valence-electron chi connectivity index (χ2n) is 10.9. The van der Waals surface area contributed by atoms with Crippen molar-refractivity contribution in [2.24, 2.45) is 5.73 Å². The van der Waals surface area contributed by atoms with Crippen molar-refractivity contribution in [3.8, 4) is 28.4 Å². The first-order chi connectivity index (χ1) is 18.1. The van der Waals surface area contributed by atoms with Crippen molar-refractivity contribution in [2.45, 2.75) is 72.2 Å². The van der Waals surface area contributed by atoms with Crippen LogP contribution in [0.15, 0.2) is 22.7 Å². The summed E-state index contributed by atoms with van der Waals surface area (Å²) in [5, 5.41) is 4.77. The number of amides is 1. The summed E-state index contributed by atoms with van der Waals surface area (Å²) >= 11 is 13.1. The molecule has 0 aliphatic carbocycles. The number of carbonyl (C=O) groups is 1. The number of aryl methyl sites for hydroxylation is 2. The second kappa shape index (κ2) is 12.2. The predicted molar refractivity (Wildman–Crippen MR) is 155 cm³/mol. The van der Waals surface area contributed by atoms with Gasteiger partial charge in [0.2, 0.25) is 0 Å². The first-order valence-corrected chi connectivity index (χ1v) is 16.3. The maximum absolute atomic E-state index is 11.1. The lowest BCUT2D eigenvalue weighted by molar-refractivity contribution is 0.0810. The molecule has 212 valence electrons. The highest BCUT2D eigenvalue weighted by Gasteiger charge is 2.39. The molecule has 9 nitrogen and oxygen atoms in total. The standard InChI is InChI=1S/C27H36Cl2N4O5Si/c1-15-23(22-16(2)33-37-17(22)3)31-25(32-24(15)29)20-13-18(9-10-21(20)28)36-14-19(11-12-35-26(30)34)38-39(7,8)27(4,5)6/h9-10,13,19H,11-12,14H2,1-8H3,(H2,30,34). The Kier molecular flexibility index (Phi) is 9.69. The predicted octanol–water partition coefficient (Wildman–Crippen LogP) is 7.29. The highest BCUT2D eigenvalue weighted by molar-refractivity contribution is 6.74. The van der Waals surface area contributed by atoms with Crippen LogP contribution in [0.5, 0.6) is 5.75 Å². The molecule has 39 heavy (non-hydrogen) atoms. The quantitative estimate of drug-likeness (QED) is 0.192. The molecule has 0 bridgehead atoms. The van der Waals surface area contributed by atoms with Gasteiger partial charge in [-0.3, -0.25) is 0 Å².